The van der Waals surface area contributed by atoms with Crippen molar-refractivity contribution in [3.05, 3.63) is 29.3 Å². The molecule has 0 aromatic carbocycles. The first kappa shape index (κ1) is 13.5. The lowest BCUT2D eigenvalue weighted by molar-refractivity contribution is 0.693. The molecule has 110 valence electrons. The van der Waals surface area contributed by atoms with Gasteiger partial charge in [-0.05, 0) is 6.92 Å². The molecule has 2 aromatic rings. The normalized spacial score (nSPS) is 14.0. The van der Waals surface area contributed by atoms with Gasteiger partial charge in [-0.3, -0.25) is 0 Å². The van der Waals surface area contributed by atoms with E-state index in [0.29, 0.717) is 5.95 Å². The maximum absolute atomic E-state index is 5.76. The first-order chi connectivity index (χ1) is 10.0. The zero-order chi connectivity index (χ0) is 15.0. The molecular weight excluding hydrogens is 266 g/mol. The third kappa shape index (κ3) is 2.58. The highest BCUT2D eigenvalue weighted by atomic mass is 15.2. The molecule has 2 aromatic heterocycles. The fourth-order valence-electron chi connectivity index (χ4n) is 2.64. The van der Waals surface area contributed by atoms with Gasteiger partial charge in [0, 0.05) is 50.9 Å². The average Bonchev–Trinajstić information content (AvgIpc) is 2.44. The lowest BCUT2D eigenvalue weighted by atomic mass is 10.1. The second-order valence-electron chi connectivity index (χ2n) is 5.41. The predicted molar refractivity (Wildman–Crippen MR) is 82.3 cm³/mol. The van der Waals surface area contributed by atoms with Crippen molar-refractivity contribution in [2.45, 2.75) is 19.9 Å². The van der Waals surface area contributed by atoms with Gasteiger partial charge in [-0.15, -0.1) is 0 Å². The Labute approximate surface area is 123 Å². The van der Waals surface area contributed by atoms with Crippen LogP contribution in [0.1, 0.15) is 17.0 Å². The smallest absolute Gasteiger partial charge is 0.222 e. The summed E-state index contributed by atoms with van der Waals surface area (Å²) in [6, 6.07) is 1.96. The second kappa shape index (κ2) is 5.16. The van der Waals surface area contributed by atoms with Crippen molar-refractivity contribution in [3.63, 3.8) is 0 Å². The Bertz CT molecular complexity index is 648. The van der Waals surface area contributed by atoms with Crippen LogP contribution in [0, 0.1) is 6.92 Å². The summed E-state index contributed by atoms with van der Waals surface area (Å²) in [5, 5.41) is 0. The number of nitrogen functional groups attached to an aromatic ring is 1. The van der Waals surface area contributed by atoms with Crippen LogP contribution in [0.15, 0.2) is 12.4 Å². The van der Waals surface area contributed by atoms with Crippen LogP contribution < -0.4 is 15.5 Å². The number of fused-ring (bicyclic) bond motifs is 1. The molecule has 1 aliphatic rings. The van der Waals surface area contributed by atoms with Gasteiger partial charge in [-0.2, -0.15) is 4.98 Å². The van der Waals surface area contributed by atoms with Gasteiger partial charge >= 0.3 is 0 Å². The average molecular weight is 285 g/mol. The van der Waals surface area contributed by atoms with Gasteiger partial charge in [0.2, 0.25) is 5.95 Å². The summed E-state index contributed by atoms with van der Waals surface area (Å²) in [6.07, 6.45) is 2.51. The summed E-state index contributed by atoms with van der Waals surface area (Å²) in [4.78, 5) is 21.5. The van der Waals surface area contributed by atoms with E-state index in [2.05, 4.69) is 24.8 Å². The number of hydrogen-bond acceptors (Lipinski definition) is 7. The minimum Gasteiger partial charge on any atom is -0.368 e. The Morgan fingerprint density at radius 2 is 2.05 bits per heavy atom. The highest BCUT2D eigenvalue weighted by molar-refractivity contribution is 5.53. The Hall–Kier alpha value is -2.44. The molecule has 7 heteroatoms. The molecule has 0 bridgehead atoms. The van der Waals surface area contributed by atoms with E-state index in [4.69, 9.17) is 5.73 Å². The van der Waals surface area contributed by atoms with Crippen LogP contribution >= 0.6 is 0 Å². The largest absolute Gasteiger partial charge is 0.368 e. The number of rotatable bonds is 2. The predicted octanol–water partition coefficient (Wildman–Crippen LogP) is 0.786. The van der Waals surface area contributed by atoms with E-state index in [0.717, 1.165) is 48.1 Å². The van der Waals surface area contributed by atoms with Crippen molar-refractivity contribution in [1.29, 1.82) is 0 Å². The zero-order valence-corrected chi connectivity index (χ0v) is 12.5. The van der Waals surface area contributed by atoms with Gasteiger partial charge in [0.05, 0.1) is 5.69 Å². The first-order valence-electron chi connectivity index (χ1n) is 6.91. The van der Waals surface area contributed by atoms with Crippen LogP contribution in [0.5, 0.6) is 0 Å². The van der Waals surface area contributed by atoms with Crippen LogP contribution in [0.2, 0.25) is 0 Å². The minimum atomic E-state index is 0.313. The highest BCUT2D eigenvalue weighted by Crippen LogP contribution is 2.27. The van der Waals surface area contributed by atoms with Crippen molar-refractivity contribution in [1.82, 2.24) is 19.9 Å². The molecular formula is C14H19N7. The number of aryl methyl sites for hydroxylation is 1. The number of nitrogens with zero attached hydrogens (tertiary/aromatic N) is 6. The number of anilines is 3. The summed E-state index contributed by atoms with van der Waals surface area (Å²) in [5.41, 5.74) is 8.90. The summed E-state index contributed by atoms with van der Waals surface area (Å²) >= 11 is 0. The summed E-state index contributed by atoms with van der Waals surface area (Å²) < 4.78 is 0. The highest BCUT2D eigenvalue weighted by Gasteiger charge is 2.23. The van der Waals surface area contributed by atoms with E-state index in [-0.39, 0.29) is 0 Å². The molecule has 3 rings (SSSR count). The van der Waals surface area contributed by atoms with Crippen molar-refractivity contribution in [3.8, 4) is 0 Å². The van der Waals surface area contributed by atoms with Crippen molar-refractivity contribution in [2.75, 3.05) is 36.2 Å². The Kier molecular flexibility index (Phi) is 3.32. The van der Waals surface area contributed by atoms with E-state index in [1.807, 2.05) is 32.0 Å². The minimum absolute atomic E-state index is 0.313. The van der Waals surface area contributed by atoms with Gasteiger partial charge in [-0.1, -0.05) is 0 Å². The third-order valence-electron chi connectivity index (χ3n) is 3.58. The number of nitrogens with two attached hydrogens (primary N) is 1. The van der Waals surface area contributed by atoms with Gasteiger partial charge < -0.3 is 15.5 Å². The first-order valence-corrected chi connectivity index (χ1v) is 6.91. The van der Waals surface area contributed by atoms with E-state index < -0.39 is 0 Å². The summed E-state index contributed by atoms with van der Waals surface area (Å²) in [6.45, 7) is 3.53. The molecule has 0 unspecified atom stereocenters. The van der Waals surface area contributed by atoms with Crippen LogP contribution in [-0.4, -0.2) is 40.6 Å². The van der Waals surface area contributed by atoms with E-state index in [1.165, 1.54) is 0 Å². The SMILES string of the molecule is Cc1cc(N2CCc3ncnc(N(C)C)c3C2)nc(N)n1. The molecule has 0 saturated carbocycles. The van der Waals surface area contributed by atoms with Gasteiger partial charge in [-0.25, -0.2) is 15.0 Å². The van der Waals surface area contributed by atoms with E-state index in [1.54, 1.807) is 6.33 Å². The second-order valence-corrected chi connectivity index (χ2v) is 5.41. The summed E-state index contributed by atoms with van der Waals surface area (Å²) in [7, 11) is 3.99. The van der Waals surface area contributed by atoms with Crippen LogP contribution in [0.3, 0.4) is 0 Å². The molecule has 0 amide bonds. The fraction of sp³-hybridized carbons (Fsp3) is 0.429. The molecule has 1 aliphatic heterocycles. The van der Waals surface area contributed by atoms with Gasteiger partial charge in [0.1, 0.15) is 18.0 Å². The molecule has 0 atom stereocenters. The Morgan fingerprint density at radius 1 is 1.24 bits per heavy atom. The maximum atomic E-state index is 5.76. The molecule has 7 nitrogen and oxygen atoms in total. The third-order valence-corrected chi connectivity index (χ3v) is 3.58. The molecule has 0 spiro atoms. The molecule has 0 aliphatic carbocycles. The zero-order valence-electron chi connectivity index (χ0n) is 12.5. The van der Waals surface area contributed by atoms with E-state index >= 15 is 0 Å². The van der Waals surface area contributed by atoms with Gasteiger partial charge in [0.25, 0.3) is 0 Å². The lowest BCUT2D eigenvalue weighted by Crippen LogP contribution is -2.33. The Balaban J connectivity index is 1.97. The van der Waals surface area contributed by atoms with Crippen molar-refractivity contribution >= 4 is 17.6 Å². The van der Waals surface area contributed by atoms with Crippen molar-refractivity contribution < 1.29 is 0 Å². The Morgan fingerprint density at radius 3 is 2.76 bits per heavy atom. The molecule has 0 saturated heterocycles. The maximum Gasteiger partial charge on any atom is 0.222 e. The lowest BCUT2D eigenvalue weighted by Gasteiger charge is -2.31. The number of aromatic nitrogens is 4. The van der Waals surface area contributed by atoms with Crippen LogP contribution in [0.4, 0.5) is 17.6 Å². The monoisotopic (exact) mass is 285 g/mol. The standard InChI is InChI=1S/C14H19N7/c1-9-6-12(19-14(15)18-9)21-5-4-11-10(7-21)13(20(2)3)17-8-16-11/h6,8H,4-5,7H2,1-3H3,(H2,15,18,19). The van der Waals surface area contributed by atoms with Crippen LogP contribution in [-0.2, 0) is 13.0 Å². The van der Waals surface area contributed by atoms with Gasteiger partial charge in [0.15, 0.2) is 0 Å². The molecule has 3 heterocycles. The fourth-order valence-corrected chi connectivity index (χ4v) is 2.64. The van der Waals surface area contributed by atoms with Crippen molar-refractivity contribution in [2.24, 2.45) is 0 Å². The molecule has 0 fully saturated rings. The summed E-state index contributed by atoms with van der Waals surface area (Å²) in [5.74, 6) is 2.13. The molecule has 2 N–H and O–H groups in total. The topological polar surface area (TPSA) is 84.1 Å². The number of hydrogen-bond donors (Lipinski definition) is 1. The van der Waals surface area contributed by atoms with E-state index in [9.17, 15) is 0 Å². The molecule has 21 heavy (non-hydrogen) atoms. The molecule has 0 radical (unpaired) electrons. The van der Waals surface area contributed by atoms with Crippen LogP contribution in [0.25, 0.3) is 0 Å². The quantitative estimate of drug-likeness (QED) is 0.873.